The molecule has 0 saturated heterocycles. The van der Waals surface area contributed by atoms with Gasteiger partial charge in [-0.25, -0.2) is 19.3 Å². The number of hydrogen-bond donors (Lipinski definition) is 1. The summed E-state index contributed by atoms with van der Waals surface area (Å²) in [5, 5.41) is 4.38. The Morgan fingerprint density at radius 3 is 2.73 bits per heavy atom. The van der Waals surface area contributed by atoms with Gasteiger partial charge in [0.2, 0.25) is 5.91 Å². The molecule has 2 aromatic rings. The molecule has 0 spiro atoms. The molecule has 5 nitrogen and oxygen atoms in total. The van der Waals surface area contributed by atoms with Crippen LogP contribution in [0.5, 0.6) is 0 Å². The number of benzene rings is 2. The summed E-state index contributed by atoms with van der Waals surface area (Å²) >= 11 is 5.75. The van der Waals surface area contributed by atoms with E-state index in [-0.39, 0.29) is 23.9 Å². The molecule has 0 aromatic heterocycles. The maximum atomic E-state index is 13.2. The number of nitrogens with one attached hydrogen (secondary N) is 1. The average Bonchev–Trinajstić information content (AvgIpc) is 2.91. The molecule has 0 bridgehead atoms. The monoisotopic (exact) mass is 375 g/mol. The number of halogens is 2. The molecule has 1 unspecified atom stereocenters. The van der Waals surface area contributed by atoms with E-state index in [9.17, 15) is 9.18 Å². The summed E-state index contributed by atoms with van der Waals surface area (Å²) in [5.41, 5.74) is 0.651. The van der Waals surface area contributed by atoms with Crippen LogP contribution < -0.4 is 5.32 Å². The van der Waals surface area contributed by atoms with Gasteiger partial charge in [-0.3, -0.25) is 4.79 Å². The first kappa shape index (κ1) is 18.4. The molecular formula is C19H19ClFN3O2. The quantitative estimate of drug-likeness (QED) is 0.869. The minimum atomic E-state index is -0.982. The van der Waals surface area contributed by atoms with Gasteiger partial charge in [0.1, 0.15) is 5.82 Å². The third-order valence-electron chi connectivity index (χ3n) is 3.97. The highest BCUT2D eigenvalue weighted by atomic mass is 35.5. The van der Waals surface area contributed by atoms with Crippen molar-refractivity contribution in [1.82, 2.24) is 10.4 Å². The lowest BCUT2D eigenvalue weighted by atomic mass is 10.1. The van der Waals surface area contributed by atoms with Crippen molar-refractivity contribution in [3.05, 3.63) is 70.5 Å². The van der Waals surface area contributed by atoms with Crippen molar-refractivity contribution in [1.29, 1.82) is 0 Å². The van der Waals surface area contributed by atoms with Crippen LogP contribution in [0.2, 0.25) is 5.02 Å². The molecule has 7 heteroatoms. The minimum Gasteiger partial charge on any atom is -0.352 e. The largest absolute Gasteiger partial charge is 0.352 e. The van der Waals surface area contributed by atoms with Gasteiger partial charge in [0, 0.05) is 19.2 Å². The molecule has 3 rings (SSSR count). The number of hydrogen-bond acceptors (Lipinski definition) is 4. The van der Waals surface area contributed by atoms with Gasteiger partial charge >= 0.3 is 0 Å². The first-order valence-corrected chi connectivity index (χ1v) is 8.53. The predicted octanol–water partition coefficient (Wildman–Crippen LogP) is 3.53. The van der Waals surface area contributed by atoms with Crippen molar-refractivity contribution in [2.24, 2.45) is 4.99 Å². The van der Waals surface area contributed by atoms with Gasteiger partial charge in [-0.15, -0.1) is 0 Å². The van der Waals surface area contributed by atoms with Crippen molar-refractivity contribution in [3.63, 3.8) is 0 Å². The Labute approximate surface area is 156 Å². The van der Waals surface area contributed by atoms with E-state index >= 15 is 0 Å². The number of amidine groups is 1. The summed E-state index contributed by atoms with van der Waals surface area (Å²) in [4.78, 5) is 22.6. The van der Waals surface area contributed by atoms with Crippen molar-refractivity contribution >= 4 is 23.3 Å². The van der Waals surface area contributed by atoms with Gasteiger partial charge in [-0.1, -0.05) is 48.0 Å². The lowest BCUT2D eigenvalue weighted by Gasteiger charge is -2.21. The number of aliphatic imine (C=N–C) groups is 1. The van der Waals surface area contributed by atoms with Crippen molar-refractivity contribution in [2.45, 2.75) is 25.6 Å². The van der Waals surface area contributed by atoms with Crippen molar-refractivity contribution < 1.29 is 14.0 Å². The molecule has 2 aromatic carbocycles. The highest BCUT2D eigenvalue weighted by molar-refractivity contribution is 6.30. The molecule has 136 valence electrons. The molecule has 1 amide bonds. The summed E-state index contributed by atoms with van der Waals surface area (Å²) in [6, 6.07) is 14.0. The molecule has 1 aliphatic heterocycles. The number of carbonyl (C=O) groups is 1. The lowest BCUT2D eigenvalue weighted by molar-refractivity contribution is -0.166. The van der Waals surface area contributed by atoms with Crippen LogP contribution >= 0.6 is 11.6 Å². The molecule has 1 N–H and O–H groups in total. The summed E-state index contributed by atoms with van der Waals surface area (Å²) in [7, 11) is 1.76. The molecule has 1 atom stereocenters. The topological polar surface area (TPSA) is 53.9 Å². The fourth-order valence-electron chi connectivity index (χ4n) is 2.77. The number of nitrogens with zero attached hydrogens (tertiary/aromatic N) is 2. The normalized spacial score (nSPS) is 19.4. The van der Waals surface area contributed by atoms with Gasteiger partial charge < -0.3 is 5.32 Å². The van der Waals surface area contributed by atoms with E-state index < -0.39 is 11.5 Å². The van der Waals surface area contributed by atoms with Crippen LogP contribution in [-0.2, 0) is 16.2 Å². The van der Waals surface area contributed by atoms with Crippen molar-refractivity contribution in [3.8, 4) is 0 Å². The van der Waals surface area contributed by atoms with E-state index in [1.165, 1.54) is 12.1 Å². The van der Waals surface area contributed by atoms with E-state index in [0.717, 1.165) is 5.56 Å². The first-order valence-electron chi connectivity index (χ1n) is 8.15. The van der Waals surface area contributed by atoms with Gasteiger partial charge in [0.15, 0.2) is 11.6 Å². The van der Waals surface area contributed by atoms with Gasteiger partial charge in [-0.05, 0) is 24.6 Å². The maximum absolute atomic E-state index is 13.2. The predicted molar refractivity (Wildman–Crippen MR) is 98.1 cm³/mol. The van der Waals surface area contributed by atoms with Crippen LogP contribution in [0.3, 0.4) is 0 Å². The minimum absolute atomic E-state index is 0.0292. The Morgan fingerprint density at radius 1 is 1.31 bits per heavy atom. The summed E-state index contributed by atoms with van der Waals surface area (Å²) in [6.45, 7) is 2.01. The zero-order valence-corrected chi connectivity index (χ0v) is 15.3. The third kappa shape index (κ3) is 4.20. The molecule has 0 saturated carbocycles. The van der Waals surface area contributed by atoms with E-state index in [2.05, 4.69) is 10.3 Å². The van der Waals surface area contributed by atoms with E-state index in [0.29, 0.717) is 11.4 Å². The van der Waals surface area contributed by atoms with Gasteiger partial charge in [-0.2, -0.15) is 0 Å². The first-order chi connectivity index (χ1) is 12.4. The Morgan fingerprint density at radius 2 is 2.04 bits per heavy atom. The highest BCUT2D eigenvalue weighted by Gasteiger charge is 2.37. The molecule has 0 radical (unpaired) electrons. The number of rotatable bonds is 5. The van der Waals surface area contributed by atoms with Crippen molar-refractivity contribution in [2.75, 3.05) is 7.05 Å². The lowest BCUT2D eigenvalue weighted by Crippen LogP contribution is -2.35. The van der Waals surface area contributed by atoms with Crippen LogP contribution in [0.1, 0.15) is 24.5 Å². The number of amides is 1. The molecule has 1 heterocycles. The Kier molecular flexibility index (Phi) is 5.25. The summed E-state index contributed by atoms with van der Waals surface area (Å²) in [5.74, 6) is -0.0370. The van der Waals surface area contributed by atoms with Gasteiger partial charge in [0.05, 0.1) is 11.4 Å². The Balaban J connectivity index is 1.63. The Hall–Kier alpha value is -2.44. The van der Waals surface area contributed by atoms with E-state index in [4.69, 9.17) is 16.4 Å². The summed E-state index contributed by atoms with van der Waals surface area (Å²) in [6.07, 6.45) is 0.0581. The summed E-state index contributed by atoms with van der Waals surface area (Å²) < 4.78 is 13.2. The molecular weight excluding hydrogens is 357 g/mol. The van der Waals surface area contributed by atoms with Crippen LogP contribution in [-0.4, -0.2) is 29.6 Å². The fraction of sp³-hybridized carbons (Fsp3) is 0.263. The highest BCUT2D eigenvalue weighted by Crippen LogP contribution is 2.27. The SMILES string of the molecule is CN1OC(C)(CC(=O)NCc2ccc(F)c(Cl)c2)N=C1c1ccccc1. The zero-order valence-electron chi connectivity index (χ0n) is 14.5. The van der Waals surface area contributed by atoms with Crippen LogP contribution in [0.15, 0.2) is 53.5 Å². The van der Waals surface area contributed by atoms with Crippen LogP contribution in [0.25, 0.3) is 0 Å². The van der Waals surface area contributed by atoms with E-state index in [1.54, 1.807) is 25.1 Å². The Bertz CT molecular complexity index is 844. The average molecular weight is 376 g/mol. The molecule has 26 heavy (non-hydrogen) atoms. The third-order valence-corrected chi connectivity index (χ3v) is 4.26. The number of carbonyl (C=O) groups excluding carboxylic acids is 1. The van der Waals surface area contributed by atoms with Crippen LogP contribution in [0.4, 0.5) is 4.39 Å². The van der Waals surface area contributed by atoms with Crippen LogP contribution in [0, 0.1) is 5.82 Å². The fourth-order valence-corrected chi connectivity index (χ4v) is 2.97. The second-order valence-corrected chi connectivity index (χ2v) is 6.67. The van der Waals surface area contributed by atoms with Gasteiger partial charge in [0.25, 0.3) is 0 Å². The smallest absolute Gasteiger partial charge is 0.225 e. The molecule has 1 aliphatic rings. The second kappa shape index (κ2) is 7.43. The standard InChI is InChI=1S/C19H19ClFN3O2/c1-19(23-18(24(2)26-19)14-6-4-3-5-7-14)11-17(25)22-12-13-8-9-16(21)15(20)10-13/h3-10H,11-12H2,1-2H3,(H,22,25). The second-order valence-electron chi connectivity index (χ2n) is 6.27. The molecule has 0 aliphatic carbocycles. The van der Waals surface area contributed by atoms with E-state index in [1.807, 2.05) is 30.3 Å². The number of hydroxylamine groups is 2. The maximum Gasteiger partial charge on any atom is 0.225 e. The molecule has 0 fully saturated rings. The zero-order chi connectivity index (χ0) is 18.7.